The van der Waals surface area contributed by atoms with Gasteiger partial charge in [0.25, 0.3) is 0 Å². The van der Waals surface area contributed by atoms with Gasteiger partial charge in [0, 0.05) is 37.1 Å². The summed E-state index contributed by atoms with van der Waals surface area (Å²) in [5.41, 5.74) is 3.84. The molecule has 180 valence electrons. The molecule has 0 N–H and O–H groups in total. The minimum Gasteiger partial charge on any atom is -0.488 e. The second kappa shape index (κ2) is 9.71. The van der Waals surface area contributed by atoms with Gasteiger partial charge in [0.1, 0.15) is 23.7 Å². The number of ketones is 1. The van der Waals surface area contributed by atoms with Gasteiger partial charge in [-0.1, -0.05) is 12.8 Å². The van der Waals surface area contributed by atoms with Gasteiger partial charge in [-0.15, -0.1) is 0 Å². The fourth-order valence-electron chi connectivity index (χ4n) is 6.15. The van der Waals surface area contributed by atoms with E-state index in [4.69, 9.17) is 9.47 Å². The average Bonchev–Trinajstić information content (AvgIpc) is 3.46. The SMILES string of the molecule is O=C(c1ccc2c(c1)CC(CN1CCCCC1)O2)c1ccc2c(c1)CC(CN1CCCCC1)O2. The summed E-state index contributed by atoms with van der Waals surface area (Å²) in [7, 11) is 0. The molecular formula is C29H36N2O3. The van der Waals surface area contributed by atoms with E-state index in [-0.39, 0.29) is 18.0 Å². The lowest BCUT2D eigenvalue weighted by Crippen LogP contribution is -2.38. The van der Waals surface area contributed by atoms with Crippen LogP contribution in [0.15, 0.2) is 36.4 Å². The Morgan fingerprint density at radius 2 is 1.12 bits per heavy atom. The van der Waals surface area contributed by atoms with Crippen molar-refractivity contribution in [2.24, 2.45) is 0 Å². The van der Waals surface area contributed by atoms with Crippen molar-refractivity contribution in [1.29, 1.82) is 0 Å². The Balaban J connectivity index is 1.10. The first-order chi connectivity index (χ1) is 16.7. The van der Waals surface area contributed by atoms with E-state index in [1.165, 1.54) is 75.8 Å². The van der Waals surface area contributed by atoms with Crippen LogP contribution in [0.5, 0.6) is 11.5 Å². The van der Waals surface area contributed by atoms with Crippen molar-refractivity contribution >= 4 is 5.78 Å². The molecule has 4 heterocycles. The van der Waals surface area contributed by atoms with Crippen molar-refractivity contribution in [3.63, 3.8) is 0 Å². The Bertz CT molecular complexity index is 958. The molecule has 4 aliphatic heterocycles. The van der Waals surface area contributed by atoms with Crippen LogP contribution in [0.2, 0.25) is 0 Å². The Kier molecular flexibility index (Phi) is 6.32. The number of hydrogen-bond acceptors (Lipinski definition) is 5. The molecule has 2 saturated heterocycles. The number of piperidine rings is 2. The Morgan fingerprint density at radius 3 is 1.56 bits per heavy atom. The number of likely N-dealkylation sites (tertiary alicyclic amines) is 2. The third kappa shape index (κ3) is 4.73. The molecule has 0 bridgehead atoms. The summed E-state index contributed by atoms with van der Waals surface area (Å²) >= 11 is 0. The van der Waals surface area contributed by atoms with Crippen LogP contribution in [0.4, 0.5) is 0 Å². The largest absolute Gasteiger partial charge is 0.488 e. The lowest BCUT2D eigenvalue weighted by atomic mass is 9.97. The van der Waals surface area contributed by atoms with E-state index in [0.29, 0.717) is 0 Å². The van der Waals surface area contributed by atoms with Gasteiger partial charge in [-0.3, -0.25) is 14.6 Å². The zero-order valence-electron chi connectivity index (χ0n) is 20.1. The predicted molar refractivity (Wildman–Crippen MR) is 133 cm³/mol. The van der Waals surface area contributed by atoms with E-state index >= 15 is 0 Å². The predicted octanol–water partition coefficient (Wildman–Crippen LogP) is 4.50. The topological polar surface area (TPSA) is 42.0 Å². The van der Waals surface area contributed by atoms with E-state index in [1.807, 2.05) is 24.3 Å². The maximum absolute atomic E-state index is 13.3. The monoisotopic (exact) mass is 460 g/mol. The van der Waals surface area contributed by atoms with Gasteiger partial charge in [0.15, 0.2) is 5.78 Å². The summed E-state index contributed by atoms with van der Waals surface area (Å²) in [6.45, 7) is 6.70. The van der Waals surface area contributed by atoms with E-state index in [1.54, 1.807) is 0 Å². The zero-order valence-corrected chi connectivity index (χ0v) is 20.1. The first-order valence-corrected chi connectivity index (χ1v) is 13.3. The van der Waals surface area contributed by atoms with Gasteiger partial charge in [-0.05, 0) is 99.4 Å². The van der Waals surface area contributed by atoms with Gasteiger partial charge >= 0.3 is 0 Å². The van der Waals surface area contributed by atoms with Crippen molar-refractivity contribution in [2.45, 2.75) is 63.6 Å². The molecule has 5 nitrogen and oxygen atoms in total. The van der Waals surface area contributed by atoms with Crippen LogP contribution in [-0.2, 0) is 12.8 Å². The number of benzene rings is 2. The summed E-state index contributed by atoms with van der Waals surface area (Å²) in [5, 5.41) is 0. The molecule has 5 heteroatoms. The number of carbonyl (C=O) groups is 1. The van der Waals surface area contributed by atoms with Crippen LogP contribution in [0.1, 0.15) is 65.6 Å². The first-order valence-electron chi connectivity index (χ1n) is 13.3. The highest BCUT2D eigenvalue weighted by Crippen LogP contribution is 2.33. The average molecular weight is 461 g/mol. The summed E-state index contributed by atoms with van der Waals surface area (Å²) in [6, 6.07) is 11.9. The Labute approximate surface area is 203 Å². The molecule has 4 aliphatic rings. The molecule has 0 aliphatic carbocycles. The molecule has 0 aromatic heterocycles. The number of nitrogens with zero attached hydrogens (tertiary/aromatic N) is 2. The van der Waals surface area contributed by atoms with Crippen molar-refractivity contribution < 1.29 is 14.3 Å². The van der Waals surface area contributed by atoms with Crippen LogP contribution >= 0.6 is 0 Å². The highest BCUT2D eigenvalue weighted by atomic mass is 16.5. The zero-order chi connectivity index (χ0) is 22.9. The molecule has 2 atom stereocenters. The quantitative estimate of drug-likeness (QED) is 0.594. The molecule has 0 amide bonds. The van der Waals surface area contributed by atoms with E-state index < -0.39 is 0 Å². The van der Waals surface area contributed by atoms with Gasteiger partial charge < -0.3 is 9.47 Å². The van der Waals surface area contributed by atoms with Crippen molar-refractivity contribution in [1.82, 2.24) is 9.80 Å². The van der Waals surface area contributed by atoms with E-state index in [9.17, 15) is 4.79 Å². The van der Waals surface area contributed by atoms with Gasteiger partial charge in [-0.2, -0.15) is 0 Å². The number of rotatable bonds is 6. The molecule has 0 radical (unpaired) electrons. The van der Waals surface area contributed by atoms with E-state index in [2.05, 4.69) is 21.9 Å². The molecule has 6 rings (SSSR count). The number of fused-ring (bicyclic) bond motifs is 2. The summed E-state index contributed by atoms with van der Waals surface area (Å²) in [6.07, 6.45) is 10.1. The lowest BCUT2D eigenvalue weighted by Gasteiger charge is -2.28. The van der Waals surface area contributed by atoms with Crippen molar-refractivity contribution in [3.8, 4) is 11.5 Å². The maximum atomic E-state index is 13.3. The van der Waals surface area contributed by atoms with Crippen LogP contribution < -0.4 is 9.47 Å². The maximum Gasteiger partial charge on any atom is 0.193 e. The molecular weight excluding hydrogens is 424 g/mol. The van der Waals surface area contributed by atoms with Crippen LogP contribution in [0, 0.1) is 0 Å². The second-order valence-electron chi connectivity index (χ2n) is 10.6. The van der Waals surface area contributed by atoms with E-state index in [0.717, 1.165) is 48.6 Å². The number of carbonyl (C=O) groups excluding carboxylic acids is 1. The second-order valence-corrected chi connectivity index (χ2v) is 10.6. The highest BCUT2D eigenvalue weighted by Gasteiger charge is 2.28. The van der Waals surface area contributed by atoms with Crippen LogP contribution in [0.3, 0.4) is 0 Å². The van der Waals surface area contributed by atoms with Crippen molar-refractivity contribution in [2.75, 3.05) is 39.3 Å². The fraction of sp³-hybridized carbons (Fsp3) is 0.552. The molecule has 0 spiro atoms. The molecule has 0 saturated carbocycles. The highest BCUT2D eigenvalue weighted by molar-refractivity contribution is 6.09. The molecule has 2 aromatic rings. The molecule has 2 fully saturated rings. The molecule has 2 aromatic carbocycles. The fourth-order valence-corrected chi connectivity index (χ4v) is 6.15. The number of hydrogen-bond donors (Lipinski definition) is 0. The summed E-state index contributed by atoms with van der Waals surface area (Å²) in [5.74, 6) is 1.98. The third-order valence-corrected chi connectivity index (χ3v) is 7.95. The lowest BCUT2D eigenvalue weighted by molar-refractivity contribution is 0.103. The van der Waals surface area contributed by atoms with Crippen LogP contribution in [0.25, 0.3) is 0 Å². The Morgan fingerprint density at radius 1 is 0.676 bits per heavy atom. The smallest absolute Gasteiger partial charge is 0.193 e. The van der Waals surface area contributed by atoms with Crippen molar-refractivity contribution in [3.05, 3.63) is 58.7 Å². The molecule has 34 heavy (non-hydrogen) atoms. The number of ether oxygens (including phenoxy) is 2. The normalized spacial score (nSPS) is 24.8. The standard InChI is InChI=1S/C29H36N2O3/c32-29(21-7-9-27-23(15-21)17-25(33-27)19-30-11-3-1-4-12-30)22-8-10-28-24(16-22)18-26(34-28)20-31-13-5-2-6-14-31/h7-10,15-16,25-26H,1-6,11-14,17-20H2. The van der Waals surface area contributed by atoms with Crippen LogP contribution in [-0.4, -0.2) is 67.1 Å². The minimum absolute atomic E-state index is 0.0876. The van der Waals surface area contributed by atoms with Gasteiger partial charge in [0.05, 0.1) is 0 Å². The first kappa shape index (κ1) is 22.1. The summed E-state index contributed by atoms with van der Waals surface area (Å²) in [4.78, 5) is 18.4. The summed E-state index contributed by atoms with van der Waals surface area (Å²) < 4.78 is 12.4. The Hall–Kier alpha value is -2.37. The van der Waals surface area contributed by atoms with Gasteiger partial charge in [-0.25, -0.2) is 0 Å². The molecule has 2 unspecified atom stereocenters. The van der Waals surface area contributed by atoms with Gasteiger partial charge in [0.2, 0.25) is 0 Å². The minimum atomic E-state index is 0.0876. The third-order valence-electron chi connectivity index (χ3n) is 7.95.